The van der Waals surface area contributed by atoms with Gasteiger partial charge in [-0.15, -0.1) is 0 Å². The van der Waals surface area contributed by atoms with Crippen molar-refractivity contribution >= 4 is 10.9 Å². The average molecular weight is 302 g/mol. The molecular weight excluding hydrogens is 280 g/mol. The second kappa shape index (κ2) is 7.42. The Morgan fingerprint density at radius 3 is 3.14 bits per heavy atom. The van der Waals surface area contributed by atoms with Gasteiger partial charge in [0.25, 0.3) is 0 Å². The van der Waals surface area contributed by atoms with E-state index in [1.54, 1.807) is 13.3 Å². The third kappa shape index (κ3) is 3.67. The molecule has 2 heterocycles. The Kier molecular flexibility index (Phi) is 5.08. The van der Waals surface area contributed by atoms with Crippen molar-refractivity contribution in [2.24, 2.45) is 0 Å². The lowest BCUT2D eigenvalue weighted by Crippen LogP contribution is -2.41. The zero-order valence-electron chi connectivity index (χ0n) is 12.9. The van der Waals surface area contributed by atoms with Gasteiger partial charge in [-0.1, -0.05) is 6.07 Å². The lowest BCUT2D eigenvalue weighted by Gasteiger charge is -2.23. The van der Waals surface area contributed by atoms with Crippen molar-refractivity contribution < 1.29 is 14.2 Å². The van der Waals surface area contributed by atoms with Gasteiger partial charge in [0.2, 0.25) is 0 Å². The molecule has 22 heavy (non-hydrogen) atoms. The molecule has 0 spiro atoms. The summed E-state index contributed by atoms with van der Waals surface area (Å²) in [6.45, 7) is 3.21. The van der Waals surface area contributed by atoms with Crippen molar-refractivity contribution in [1.82, 2.24) is 10.3 Å². The maximum absolute atomic E-state index is 5.89. The number of aromatic nitrogens is 1. The molecule has 118 valence electrons. The molecule has 0 amide bonds. The Morgan fingerprint density at radius 2 is 2.32 bits per heavy atom. The van der Waals surface area contributed by atoms with Gasteiger partial charge in [-0.3, -0.25) is 4.98 Å². The maximum atomic E-state index is 5.89. The number of morpholine rings is 1. The van der Waals surface area contributed by atoms with Gasteiger partial charge in [-0.25, -0.2) is 0 Å². The Hall–Kier alpha value is -1.85. The normalized spacial score (nSPS) is 18.3. The van der Waals surface area contributed by atoms with Gasteiger partial charge in [0.15, 0.2) is 11.5 Å². The van der Waals surface area contributed by atoms with E-state index in [1.807, 2.05) is 24.3 Å². The van der Waals surface area contributed by atoms with Gasteiger partial charge in [-0.05, 0) is 25.0 Å². The van der Waals surface area contributed by atoms with Crippen LogP contribution in [0.3, 0.4) is 0 Å². The number of nitrogens with one attached hydrogen (secondary N) is 1. The van der Waals surface area contributed by atoms with Crippen LogP contribution in [0.5, 0.6) is 11.5 Å². The summed E-state index contributed by atoms with van der Waals surface area (Å²) in [5, 5.41) is 4.50. The highest BCUT2D eigenvalue weighted by Crippen LogP contribution is 2.31. The van der Waals surface area contributed by atoms with Crippen LogP contribution in [0.25, 0.3) is 10.9 Å². The fourth-order valence-corrected chi connectivity index (χ4v) is 2.67. The van der Waals surface area contributed by atoms with Crippen molar-refractivity contribution in [2.75, 3.05) is 33.5 Å². The van der Waals surface area contributed by atoms with Gasteiger partial charge in [0.1, 0.15) is 0 Å². The quantitative estimate of drug-likeness (QED) is 0.830. The minimum Gasteiger partial charge on any atom is -0.493 e. The van der Waals surface area contributed by atoms with Crippen molar-refractivity contribution in [2.45, 2.75) is 18.9 Å². The topological polar surface area (TPSA) is 52.6 Å². The van der Waals surface area contributed by atoms with Crippen LogP contribution in [0.4, 0.5) is 0 Å². The molecule has 1 atom stereocenters. The van der Waals surface area contributed by atoms with Crippen molar-refractivity contribution in [3.05, 3.63) is 30.5 Å². The summed E-state index contributed by atoms with van der Waals surface area (Å²) < 4.78 is 16.8. The second-order valence-electron chi connectivity index (χ2n) is 5.42. The molecule has 5 nitrogen and oxygen atoms in total. The van der Waals surface area contributed by atoms with E-state index in [0.717, 1.165) is 55.0 Å². The smallest absolute Gasteiger partial charge is 0.163 e. The monoisotopic (exact) mass is 302 g/mol. The highest BCUT2D eigenvalue weighted by Gasteiger charge is 2.13. The fourth-order valence-electron chi connectivity index (χ4n) is 2.67. The number of benzene rings is 1. The standard InChI is InChI=1S/C17H22N2O3/c1-20-16-10-13-4-2-6-19-15(13)11-17(16)22-8-3-5-14-12-21-9-7-18-14/h2,4,6,10-11,14,18H,3,5,7-9,12H2,1H3. The van der Waals surface area contributed by atoms with E-state index in [4.69, 9.17) is 14.2 Å². The van der Waals surface area contributed by atoms with Gasteiger partial charge >= 0.3 is 0 Å². The van der Waals surface area contributed by atoms with Crippen LogP contribution >= 0.6 is 0 Å². The predicted octanol–water partition coefficient (Wildman–Crippen LogP) is 2.39. The first-order valence-electron chi connectivity index (χ1n) is 7.73. The van der Waals surface area contributed by atoms with E-state index in [0.29, 0.717) is 12.6 Å². The molecule has 0 bridgehead atoms. The molecule has 1 N–H and O–H groups in total. The zero-order chi connectivity index (χ0) is 15.2. The van der Waals surface area contributed by atoms with E-state index in [1.165, 1.54) is 0 Å². The summed E-state index contributed by atoms with van der Waals surface area (Å²) in [6, 6.07) is 8.28. The third-order valence-electron chi connectivity index (χ3n) is 3.84. The largest absolute Gasteiger partial charge is 0.493 e. The highest BCUT2D eigenvalue weighted by atomic mass is 16.5. The molecule has 0 radical (unpaired) electrons. The number of hydrogen-bond acceptors (Lipinski definition) is 5. The van der Waals surface area contributed by atoms with Crippen LogP contribution < -0.4 is 14.8 Å². The number of ether oxygens (including phenoxy) is 3. The molecule has 3 rings (SSSR count). The molecule has 1 aliphatic rings. The summed E-state index contributed by atoms with van der Waals surface area (Å²) >= 11 is 0. The Labute approximate surface area is 130 Å². The average Bonchev–Trinajstić information content (AvgIpc) is 2.59. The summed E-state index contributed by atoms with van der Waals surface area (Å²) in [7, 11) is 1.66. The maximum Gasteiger partial charge on any atom is 0.163 e. The van der Waals surface area contributed by atoms with Crippen LogP contribution in [-0.2, 0) is 4.74 Å². The van der Waals surface area contributed by atoms with Crippen molar-refractivity contribution in [3.8, 4) is 11.5 Å². The van der Waals surface area contributed by atoms with E-state index < -0.39 is 0 Å². The highest BCUT2D eigenvalue weighted by molar-refractivity contribution is 5.82. The van der Waals surface area contributed by atoms with E-state index in [2.05, 4.69) is 10.3 Å². The molecule has 1 fully saturated rings. The number of nitrogens with zero attached hydrogens (tertiary/aromatic N) is 1. The molecule has 2 aromatic rings. The van der Waals surface area contributed by atoms with Gasteiger partial charge < -0.3 is 19.5 Å². The van der Waals surface area contributed by atoms with Crippen LogP contribution in [0, 0.1) is 0 Å². The van der Waals surface area contributed by atoms with Crippen molar-refractivity contribution in [3.63, 3.8) is 0 Å². The van der Waals surface area contributed by atoms with Crippen molar-refractivity contribution in [1.29, 1.82) is 0 Å². The predicted molar refractivity (Wildman–Crippen MR) is 85.6 cm³/mol. The molecule has 1 aromatic carbocycles. The van der Waals surface area contributed by atoms with Gasteiger partial charge in [-0.2, -0.15) is 0 Å². The molecular formula is C17H22N2O3. The summed E-state index contributed by atoms with van der Waals surface area (Å²) in [5.41, 5.74) is 0.917. The number of rotatable bonds is 6. The Morgan fingerprint density at radius 1 is 1.36 bits per heavy atom. The van der Waals surface area contributed by atoms with Crippen LogP contribution in [0.2, 0.25) is 0 Å². The SMILES string of the molecule is COc1cc2cccnc2cc1OCCCC1COCCN1. The molecule has 5 heteroatoms. The molecule has 0 saturated carbocycles. The molecule has 1 unspecified atom stereocenters. The minimum atomic E-state index is 0.442. The Balaban J connectivity index is 1.58. The lowest BCUT2D eigenvalue weighted by atomic mass is 10.1. The summed E-state index contributed by atoms with van der Waals surface area (Å²) in [5.74, 6) is 1.50. The first kappa shape index (κ1) is 15.1. The number of methoxy groups -OCH3 is 1. The number of pyridine rings is 1. The first-order valence-corrected chi connectivity index (χ1v) is 7.73. The summed E-state index contributed by atoms with van der Waals surface area (Å²) in [4.78, 5) is 4.36. The number of fused-ring (bicyclic) bond motifs is 1. The van der Waals surface area contributed by atoms with E-state index in [-0.39, 0.29) is 0 Å². The second-order valence-corrected chi connectivity index (χ2v) is 5.42. The van der Waals surface area contributed by atoms with E-state index in [9.17, 15) is 0 Å². The molecule has 1 aliphatic heterocycles. The number of hydrogen-bond donors (Lipinski definition) is 1. The lowest BCUT2D eigenvalue weighted by molar-refractivity contribution is 0.0721. The first-order chi connectivity index (χ1) is 10.9. The Bertz CT molecular complexity index is 612. The third-order valence-corrected chi connectivity index (χ3v) is 3.84. The molecule has 1 saturated heterocycles. The van der Waals surface area contributed by atoms with Crippen LogP contribution in [-0.4, -0.2) is 44.5 Å². The fraction of sp³-hybridized carbons (Fsp3) is 0.471. The van der Waals surface area contributed by atoms with Gasteiger partial charge in [0, 0.05) is 30.2 Å². The van der Waals surface area contributed by atoms with Crippen LogP contribution in [0.1, 0.15) is 12.8 Å². The molecule has 0 aliphatic carbocycles. The van der Waals surface area contributed by atoms with Gasteiger partial charge in [0.05, 0.1) is 32.4 Å². The zero-order valence-corrected chi connectivity index (χ0v) is 12.9. The minimum absolute atomic E-state index is 0.442. The van der Waals surface area contributed by atoms with E-state index >= 15 is 0 Å². The molecule has 1 aromatic heterocycles. The summed E-state index contributed by atoms with van der Waals surface area (Å²) in [6.07, 6.45) is 3.81. The van der Waals surface area contributed by atoms with Crippen LogP contribution in [0.15, 0.2) is 30.5 Å².